The van der Waals surface area contributed by atoms with Gasteiger partial charge in [-0.25, -0.2) is 0 Å². The molecule has 0 aliphatic rings. The first-order valence-electron chi connectivity index (χ1n) is 14.0. The lowest BCUT2D eigenvalue weighted by Crippen LogP contribution is -1.99. The van der Waals surface area contributed by atoms with E-state index in [1.54, 1.807) is 6.07 Å². The van der Waals surface area contributed by atoms with Gasteiger partial charge >= 0.3 is 0 Å². The molecule has 5 nitrogen and oxygen atoms in total. The molecule has 5 heteroatoms. The third-order valence-corrected chi connectivity index (χ3v) is 8.46. The third-order valence-electron chi connectivity index (χ3n) is 8.46. The summed E-state index contributed by atoms with van der Waals surface area (Å²) in [4.78, 5) is 0. The highest BCUT2D eigenvalue weighted by atomic mass is 16.3. The molecule has 0 radical (unpaired) electrons. The summed E-state index contributed by atoms with van der Waals surface area (Å²) in [6, 6.07) is 42.9. The second kappa shape index (κ2) is 8.60. The number of hydrogen-bond donors (Lipinski definition) is 0. The van der Waals surface area contributed by atoms with Crippen LogP contribution in [0.25, 0.3) is 82.5 Å². The number of nitriles is 2. The van der Waals surface area contributed by atoms with Gasteiger partial charge in [0.05, 0.1) is 40.0 Å². The fourth-order valence-electron chi connectivity index (χ4n) is 6.58. The van der Waals surface area contributed by atoms with E-state index in [-0.39, 0.29) is 0 Å². The Kier molecular flexibility index (Phi) is 4.68. The minimum absolute atomic E-state index is 0.583. The van der Waals surface area contributed by atoms with Gasteiger partial charge in [-0.15, -0.1) is 0 Å². The van der Waals surface area contributed by atoms with E-state index in [1.165, 1.54) is 10.8 Å². The van der Waals surface area contributed by atoms with E-state index in [9.17, 15) is 10.5 Å². The van der Waals surface area contributed by atoms with Crippen molar-refractivity contribution in [3.63, 3.8) is 0 Å². The predicted molar refractivity (Wildman–Crippen MR) is 170 cm³/mol. The van der Waals surface area contributed by atoms with E-state index >= 15 is 0 Å². The molecular formula is C38H19N3O2. The summed E-state index contributed by atoms with van der Waals surface area (Å²) >= 11 is 0. The lowest BCUT2D eigenvalue weighted by Gasteiger charge is -2.15. The van der Waals surface area contributed by atoms with Gasteiger partial charge in [-0.05, 0) is 72.3 Å². The molecule has 43 heavy (non-hydrogen) atoms. The van der Waals surface area contributed by atoms with Gasteiger partial charge in [-0.1, -0.05) is 48.5 Å². The zero-order valence-electron chi connectivity index (χ0n) is 22.6. The predicted octanol–water partition coefficient (Wildman–Crippen LogP) is 9.99. The molecule has 3 aromatic heterocycles. The Balaban J connectivity index is 1.32. The van der Waals surface area contributed by atoms with Crippen LogP contribution in [0.2, 0.25) is 0 Å². The molecule has 198 valence electrons. The molecule has 9 aromatic rings. The Bertz CT molecular complexity index is 2650. The average Bonchev–Trinajstić information content (AvgIpc) is 3.71. The Hall–Kier alpha value is -6.30. The number of fused-ring (bicyclic) bond motifs is 9. The molecular weight excluding hydrogens is 530 g/mol. The molecule has 0 fully saturated rings. The van der Waals surface area contributed by atoms with Gasteiger partial charge in [-0.3, -0.25) is 0 Å². The summed E-state index contributed by atoms with van der Waals surface area (Å²) < 4.78 is 14.8. The second-order valence-corrected chi connectivity index (χ2v) is 10.8. The highest BCUT2D eigenvalue weighted by molar-refractivity contribution is 6.16. The number of rotatable bonds is 2. The Labute approximate surface area is 244 Å². The lowest BCUT2D eigenvalue weighted by atomic mass is 9.96. The van der Waals surface area contributed by atoms with Crippen molar-refractivity contribution in [2.24, 2.45) is 0 Å². The fourth-order valence-corrected chi connectivity index (χ4v) is 6.58. The highest BCUT2D eigenvalue weighted by Crippen LogP contribution is 2.41. The highest BCUT2D eigenvalue weighted by Gasteiger charge is 2.20. The number of furan rings is 2. The van der Waals surface area contributed by atoms with Crippen molar-refractivity contribution in [1.29, 1.82) is 10.5 Å². The quantitative estimate of drug-likeness (QED) is 0.215. The van der Waals surface area contributed by atoms with Crippen molar-refractivity contribution < 1.29 is 8.83 Å². The molecule has 0 atom stereocenters. The van der Waals surface area contributed by atoms with Crippen LogP contribution in [0.3, 0.4) is 0 Å². The maximum Gasteiger partial charge on any atom is 0.136 e. The summed E-state index contributed by atoms with van der Waals surface area (Å²) in [6.07, 6.45) is 0. The summed E-state index contributed by atoms with van der Waals surface area (Å²) in [6.45, 7) is 0. The number of aromatic nitrogens is 1. The minimum Gasteiger partial charge on any atom is -0.456 e. The number of para-hydroxylation sites is 2. The molecule has 6 aromatic carbocycles. The van der Waals surface area contributed by atoms with E-state index in [2.05, 4.69) is 77.4 Å². The molecule has 0 saturated carbocycles. The van der Waals surface area contributed by atoms with Crippen molar-refractivity contribution in [3.05, 3.63) is 126 Å². The van der Waals surface area contributed by atoms with Gasteiger partial charge in [0.15, 0.2) is 0 Å². The van der Waals surface area contributed by atoms with E-state index in [4.69, 9.17) is 8.83 Å². The van der Waals surface area contributed by atoms with Gasteiger partial charge < -0.3 is 13.4 Å². The van der Waals surface area contributed by atoms with Crippen LogP contribution in [0.1, 0.15) is 11.1 Å². The van der Waals surface area contributed by atoms with Crippen LogP contribution < -0.4 is 0 Å². The third kappa shape index (κ3) is 3.25. The maximum absolute atomic E-state index is 10.3. The fraction of sp³-hybridized carbons (Fsp3) is 0. The van der Waals surface area contributed by atoms with Crippen LogP contribution in [0.5, 0.6) is 0 Å². The molecule has 0 amide bonds. The van der Waals surface area contributed by atoms with Crippen LogP contribution in [0, 0.1) is 22.7 Å². The lowest BCUT2D eigenvalue weighted by molar-refractivity contribution is 0.664. The van der Waals surface area contributed by atoms with Crippen molar-refractivity contribution in [2.45, 2.75) is 0 Å². The Morgan fingerprint density at radius 3 is 1.74 bits per heavy atom. The summed E-state index contributed by atoms with van der Waals surface area (Å²) in [5.41, 5.74) is 9.02. The molecule has 0 aliphatic heterocycles. The first kappa shape index (κ1) is 23.4. The number of benzene rings is 6. The number of hydrogen-bond acceptors (Lipinski definition) is 4. The van der Waals surface area contributed by atoms with Crippen molar-refractivity contribution in [1.82, 2.24) is 4.57 Å². The number of nitrogens with zero attached hydrogens (tertiary/aromatic N) is 3. The second-order valence-electron chi connectivity index (χ2n) is 10.8. The van der Waals surface area contributed by atoms with Gasteiger partial charge in [-0.2, -0.15) is 10.5 Å². The molecule has 0 spiro atoms. The minimum atomic E-state index is 0.583. The maximum atomic E-state index is 10.3. The van der Waals surface area contributed by atoms with Crippen molar-refractivity contribution >= 4 is 65.7 Å². The van der Waals surface area contributed by atoms with Crippen LogP contribution >= 0.6 is 0 Å². The zero-order chi connectivity index (χ0) is 28.7. The standard InChI is InChI=1S/C38H19N3O2/c39-20-22-12-14-34-27(16-22)29-18-37-30(19-36(29)42-34)28-17-23(13-15-35(28)43-37)38-24(21-40)6-5-11-33(38)41-31-9-3-1-7-25(31)26-8-2-4-10-32(26)41/h1-19H. The van der Waals surface area contributed by atoms with Crippen LogP contribution in [0.4, 0.5) is 0 Å². The molecule has 0 unspecified atom stereocenters. The van der Waals surface area contributed by atoms with Crippen molar-refractivity contribution in [2.75, 3.05) is 0 Å². The summed E-state index contributed by atoms with van der Waals surface area (Å²) in [5.74, 6) is 0. The topological polar surface area (TPSA) is 78.8 Å². The van der Waals surface area contributed by atoms with Gasteiger partial charge in [0, 0.05) is 37.9 Å². The molecule has 0 aliphatic carbocycles. The molecule has 3 heterocycles. The summed E-state index contributed by atoms with van der Waals surface area (Å²) in [7, 11) is 0. The Morgan fingerprint density at radius 2 is 1.09 bits per heavy atom. The van der Waals surface area contributed by atoms with Gasteiger partial charge in [0.25, 0.3) is 0 Å². The monoisotopic (exact) mass is 549 g/mol. The van der Waals surface area contributed by atoms with Crippen LogP contribution in [0.15, 0.2) is 124 Å². The first-order valence-corrected chi connectivity index (χ1v) is 14.0. The van der Waals surface area contributed by atoms with Crippen LogP contribution in [-0.2, 0) is 0 Å². The van der Waals surface area contributed by atoms with Crippen molar-refractivity contribution in [3.8, 4) is 29.0 Å². The Morgan fingerprint density at radius 1 is 0.488 bits per heavy atom. The first-order chi connectivity index (χ1) is 21.2. The zero-order valence-corrected chi connectivity index (χ0v) is 22.6. The average molecular weight is 550 g/mol. The van der Waals surface area contributed by atoms with Crippen LogP contribution in [-0.4, -0.2) is 4.57 Å². The molecule has 9 rings (SSSR count). The van der Waals surface area contributed by atoms with E-state index in [0.29, 0.717) is 11.1 Å². The molecule has 0 bridgehead atoms. The smallest absolute Gasteiger partial charge is 0.136 e. The summed E-state index contributed by atoms with van der Waals surface area (Å²) in [5, 5.41) is 25.7. The van der Waals surface area contributed by atoms with E-state index in [0.717, 1.165) is 71.7 Å². The van der Waals surface area contributed by atoms with Gasteiger partial charge in [0.1, 0.15) is 22.3 Å². The van der Waals surface area contributed by atoms with Gasteiger partial charge in [0.2, 0.25) is 0 Å². The molecule has 0 N–H and O–H groups in total. The van der Waals surface area contributed by atoms with E-state index in [1.807, 2.05) is 48.5 Å². The van der Waals surface area contributed by atoms with E-state index < -0.39 is 0 Å². The normalized spacial score (nSPS) is 11.7. The molecule has 0 saturated heterocycles. The SMILES string of the molecule is N#Cc1ccc2oc3cc4c(cc3c2c1)oc1ccc(-c2c(C#N)cccc2-n2c3ccccc3c3ccccc32)cc14. The largest absolute Gasteiger partial charge is 0.456 e.